The van der Waals surface area contributed by atoms with E-state index >= 15 is 0 Å². The van der Waals surface area contributed by atoms with Gasteiger partial charge in [-0.1, -0.05) is 13.8 Å². The molecule has 1 aromatic rings. The summed E-state index contributed by atoms with van der Waals surface area (Å²) >= 11 is 0. The Hall–Kier alpha value is -1.88. The van der Waals surface area contributed by atoms with Crippen molar-refractivity contribution in [2.45, 2.75) is 26.8 Å². The molecule has 0 aliphatic rings. The van der Waals surface area contributed by atoms with Gasteiger partial charge in [0.2, 0.25) is 5.91 Å². The van der Waals surface area contributed by atoms with Crippen LogP contribution >= 0.6 is 0 Å². The van der Waals surface area contributed by atoms with Gasteiger partial charge in [-0.15, -0.1) is 0 Å². The molecule has 0 aliphatic carbocycles. The lowest BCUT2D eigenvalue weighted by atomic mass is 10.0. The first-order chi connectivity index (χ1) is 8.95. The minimum absolute atomic E-state index is 0.0783. The molecule has 1 unspecified atom stereocenters. The number of hydrogen-bond acceptors (Lipinski definition) is 3. The standard InChI is InChI=1S/C14H21N3O2/c1-4-16-13(18)10-5-7-11(8-6-10)17-14(19)12(15)9(2)3/h5-9,12H,4,15H2,1-3H3,(H,16,18)(H,17,19). The molecule has 0 aliphatic heterocycles. The Kier molecular flexibility index (Phi) is 5.51. The van der Waals surface area contributed by atoms with Gasteiger partial charge in [0.25, 0.3) is 5.91 Å². The lowest BCUT2D eigenvalue weighted by Crippen LogP contribution is -2.39. The molecule has 0 radical (unpaired) electrons. The van der Waals surface area contributed by atoms with Gasteiger partial charge in [0.1, 0.15) is 0 Å². The van der Waals surface area contributed by atoms with Gasteiger partial charge in [-0.2, -0.15) is 0 Å². The number of carbonyl (C=O) groups is 2. The predicted octanol–water partition coefficient (Wildman–Crippen LogP) is 1.36. The fourth-order valence-electron chi connectivity index (χ4n) is 1.50. The van der Waals surface area contributed by atoms with E-state index in [2.05, 4.69) is 10.6 Å². The SMILES string of the molecule is CCNC(=O)c1ccc(NC(=O)C(N)C(C)C)cc1. The molecule has 0 saturated heterocycles. The van der Waals surface area contributed by atoms with Gasteiger partial charge in [-0.3, -0.25) is 9.59 Å². The lowest BCUT2D eigenvalue weighted by molar-refractivity contribution is -0.118. The van der Waals surface area contributed by atoms with Crippen molar-refractivity contribution in [2.75, 3.05) is 11.9 Å². The Bertz CT molecular complexity index is 441. The largest absolute Gasteiger partial charge is 0.352 e. The number of rotatable bonds is 5. The van der Waals surface area contributed by atoms with E-state index in [1.807, 2.05) is 20.8 Å². The summed E-state index contributed by atoms with van der Waals surface area (Å²) in [6.45, 7) is 6.23. The minimum Gasteiger partial charge on any atom is -0.352 e. The van der Waals surface area contributed by atoms with Crippen molar-refractivity contribution in [3.63, 3.8) is 0 Å². The average molecular weight is 263 g/mol. The summed E-state index contributed by atoms with van der Waals surface area (Å²) in [5.74, 6) is -0.269. The van der Waals surface area contributed by atoms with E-state index in [4.69, 9.17) is 5.73 Å². The molecule has 1 aromatic carbocycles. The summed E-state index contributed by atoms with van der Waals surface area (Å²) in [6, 6.07) is 6.18. The average Bonchev–Trinajstić information content (AvgIpc) is 2.38. The molecular weight excluding hydrogens is 242 g/mol. The molecular formula is C14H21N3O2. The molecule has 4 N–H and O–H groups in total. The van der Waals surface area contributed by atoms with E-state index in [0.717, 1.165) is 0 Å². The second-order valence-corrected chi connectivity index (χ2v) is 4.70. The van der Waals surface area contributed by atoms with E-state index < -0.39 is 6.04 Å². The zero-order chi connectivity index (χ0) is 14.4. The van der Waals surface area contributed by atoms with Crippen molar-refractivity contribution in [1.29, 1.82) is 0 Å². The summed E-state index contributed by atoms with van der Waals surface area (Å²) in [5.41, 5.74) is 6.95. The van der Waals surface area contributed by atoms with Crippen LogP contribution in [0, 0.1) is 5.92 Å². The summed E-state index contributed by atoms with van der Waals surface area (Å²) in [6.07, 6.45) is 0. The van der Waals surface area contributed by atoms with Crippen LogP contribution in [0.25, 0.3) is 0 Å². The number of nitrogens with two attached hydrogens (primary N) is 1. The van der Waals surface area contributed by atoms with Crippen LogP contribution < -0.4 is 16.4 Å². The maximum atomic E-state index is 11.8. The van der Waals surface area contributed by atoms with Crippen molar-refractivity contribution in [3.05, 3.63) is 29.8 Å². The van der Waals surface area contributed by atoms with E-state index in [1.54, 1.807) is 24.3 Å². The van der Waals surface area contributed by atoms with Crippen LogP contribution in [0.4, 0.5) is 5.69 Å². The molecule has 2 amide bonds. The highest BCUT2D eigenvalue weighted by Crippen LogP contribution is 2.11. The fraction of sp³-hybridized carbons (Fsp3) is 0.429. The Morgan fingerprint density at radius 1 is 1.21 bits per heavy atom. The van der Waals surface area contributed by atoms with Gasteiger partial charge >= 0.3 is 0 Å². The second-order valence-electron chi connectivity index (χ2n) is 4.70. The van der Waals surface area contributed by atoms with Crippen molar-refractivity contribution >= 4 is 17.5 Å². The first kappa shape index (κ1) is 15.2. The first-order valence-corrected chi connectivity index (χ1v) is 6.40. The van der Waals surface area contributed by atoms with Crippen molar-refractivity contribution in [3.8, 4) is 0 Å². The Balaban J connectivity index is 2.67. The third-order valence-electron chi connectivity index (χ3n) is 2.77. The van der Waals surface area contributed by atoms with Crippen LogP contribution in [0.3, 0.4) is 0 Å². The Labute approximate surface area is 113 Å². The Morgan fingerprint density at radius 3 is 2.26 bits per heavy atom. The molecule has 0 aromatic heterocycles. The van der Waals surface area contributed by atoms with Crippen LogP contribution in [-0.4, -0.2) is 24.4 Å². The van der Waals surface area contributed by atoms with Gasteiger partial charge in [-0.05, 0) is 37.1 Å². The number of hydrogen-bond donors (Lipinski definition) is 3. The first-order valence-electron chi connectivity index (χ1n) is 6.40. The van der Waals surface area contributed by atoms with Gasteiger partial charge in [0.05, 0.1) is 6.04 Å². The summed E-state index contributed by atoms with van der Waals surface area (Å²) in [4.78, 5) is 23.3. The quantitative estimate of drug-likeness (QED) is 0.750. The zero-order valence-electron chi connectivity index (χ0n) is 11.6. The van der Waals surface area contributed by atoms with Crippen LogP contribution in [0.5, 0.6) is 0 Å². The fourth-order valence-corrected chi connectivity index (χ4v) is 1.50. The number of anilines is 1. The highest BCUT2D eigenvalue weighted by Gasteiger charge is 2.17. The highest BCUT2D eigenvalue weighted by atomic mass is 16.2. The smallest absolute Gasteiger partial charge is 0.251 e. The maximum Gasteiger partial charge on any atom is 0.251 e. The molecule has 0 bridgehead atoms. The van der Waals surface area contributed by atoms with Crippen LogP contribution in [-0.2, 0) is 4.79 Å². The molecule has 5 heteroatoms. The van der Waals surface area contributed by atoms with E-state index in [9.17, 15) is 9.59 Å². The third-order valence-corrected chi connectivity index (χ3v) is 2.77. The van der Waals surface area contributed by atoms with Gasteiger partial charge in [-0.25, -0.2) is 0 Å². The lowest BCUT2D eigenvalue weighted by Gasteiger charge is -2.15. The van der Waals surface area contributed by atoms with Crippen molar-refractivity contribution in [1.82, 2.24) is 5.32 Å². The molecule has 0 saturated carbocycles. The molecule has 104 valence electrons. The Morgan fingerprint density at radius 2 is 1.79 bits per heavy atom. The summed E-state index contributed by atoms with van der Waals surface area (Å²) < 4.78 is 0. The minimum atomic E-state index is -0.539. The van der Waals surface area contributed by atoms with E-state index in [1.165, 1.54) is 0 Å². The maximum absolute atomic E-state index is 11.8. The number of benzene rings is 1. The van der Waals surface area contributed by atoms with Crippen LogP contribution in [0.15, 0.2) is 24.3 Å². The molecule has 19 heavy (non-hydrogen) atoms. The third kappa shape index (κ3) is 4.37. The van der Waals surface area contributed by atoms with Gasteiger partial charge in [0, 0.05) is 17.8 Å². The van der Waals surface area contributed by atoms with Crippen LogP contribution in [0.1, 0.15) is 31.1 Å². The molecule has 1 atom stereocenters. The molecule has 0 heterocycles. The predicted molar refractivity (Wildman–Crippen MR) is 75.9 cm³/mol. The number of carbonyl (C=O) groups excluding carboxylic acids is 2. The molecule has 0 fully saturated rings. The van der Waals surface area contributed by atoms with E-state index in [-0.39, 0.29) is 17.7 Å². The van der Waals surface area contributed by atoms with Crippen molar-refractivity contribution in [2.24, 2.45) is 11.7 Å². The highest BCUT2D eigenvalue weighted by molar-refractivity contribution is 5.97. The van der Waals surface area contributed by atoms with Crippen molar-refractivity contribution < 1.29 is 9.59 Å². The molecule has 5 nitrogen and oxygen atoms in total. The van der Waals surface area contributed by atoms with Gasteiger partial charge < -0.3 is 16.4 Å². The number of amides is 2. The monoisotopic (exact) mass is 263 g/mol. The summed E-state index contributed by atoms with van der Waals surface area (Å²) in [7, 11) is 0. The molecule has 0 spiro atoms. The van der Waals surface area contributed by atoms with E-state index in [0.29, 0.717) is 17.8 Å². The van der Waals surface area contributed by atoms with Gasteiger partial charge in [0.15, 0.2) is 0 Å². The zero-order valence-corrected chi connectivity index (χ0v) is 11.6. The number of nitrogens with one attached hydrogen (secondary N) is 2. The van der Waals surface area contributed by atoms with Crippen LogP contribution in [0.2, 0.25) is 0 Å². The normalized spacial score (nSPS) is 12.1. The second kappa shape index (κ2) is 6.89. The molecule has 1 rings (SSSR count). The summed E-state index contributed by atoms with van der Waals surface area (Å²) in [5, 5.41) is 5.43. The topological polar surface area (TPSA) is 84.2 Å².